The number of fused-ring (bicyclic) bond motifs is 1. The predicted molar refractivity (Wildman–Crippen MR) is 70.8 cm³/mol. The number of hydrogen-bond donors (Lipinski definition) is 2. The molecule has 1 unspecified atom stereocenters. The van der Waals surface area contributed by atoms with Crippen LogP contribution in [0.4, 0.5) is 0 Å². The van der Waals surface area contributed by atoms with E-state index in [9.17, 15) is 0 Å². The quantitative estimate of drug-likeness (QED) is 0.760. The number of hydrogen-bond acceptors (Lipinski definition) is 2. The minimum atomic E-state index is 0.520. The molecule has 0 fully saturated rings. The van der Waals surface area contributed by atoms with E-state index in [2.05, 4.69) is 47.1 Å². The average molecular weight is 228 g/mol. The van der Waals surface area contributed by atoms with Crippen molar-refractivity contribution in [1.29, 1.82) is 0 Å². The Bertz CT molecular complexity index is 403. The lowest BCUT2D eigenvalue weighted by molar-refractivity contribution is 0.427. The summed E-state index contributed by atoms with van der Waals surface area (Å²) in [6.07, 6.45) is 8.14. The Hall–Kier alpha value is -1.12. The summed E-state index contributed by atoms with van der Waals surface area (Å²) < 4.78 is 0. The van der Waals surface area contributed by atoms with Gasteiger partial charge in [0.15, 0.2) is 0 Å². The smallest absolute Gasteiger partial charge is 0.0338 e. The molecule has 2 aliphatic rings. The normalized spacial score (nSPS) is 24.6. The van der Waals surface area contributed by atoms with Crippen molar-refractivity contribution in [2.45, 2.75) is 37.9 Å². The van der Waals surface area contributed by atoms with Gasteiger partial charge >= 0.3 is 0 Å². The van der Waals surface area contributed by atoms with Crippen LogP contribution in [0.15, 0.2) is 36.4 Å². The first-order chi connectivity index (χ1) is 8.43. The minimum Gasteiger partial charge on any atom is -0.313 e. The zero-order chi connectivity index (χ0) is 11.5. The molecule has 0 saturated carbocycles. The topological polar surface area (TPSA) is 24.1 Å². The summed E-state index contributed by atoms with van der Waals surface area (Å²) in [6, 6.07) is 9.99. The molecular weight excluding hydrogens is 208 g/mol. The van der Waals surface area contributed by atoms with Gasteiger partial charge in [0.2, 0.25) is 0 Å². The molecule has 1 heterocycles. The van der Waals surface area contributed by atoms with Crippen LogP contribution in [0.5, 0.6) is 0 Å². The maximum atomic E-state index is 3.81. The monoisotopic (exact) mass is 228 g/mol. The van der Waals surface area contributed by atoms with E-state index in [4.69, 9.17) is 0 Å². The van der Waals surface area contributed by atoms with Gasteiger partial charge in [0.05, 0.1) is 0 Å². The molecule has 0 bridgehead atoms. The molecule has 1 aliphatic heterocycles. The van der Waals surface area contributed by atoms with E-state index in [0.29, 0.717) is 12.1 Å². The van der Waals surface area contributed by atoms with Gasteiger partial charge in [-0.2, -0.15) is 0 Å². The predicted octanol–water partition coefficient (Wildman–Crippen LogP) is 2.53. The van der Waals surface area contributed by atoms with E-state index in [1.54, 1.807) is 0 Å². The largest absolute Gasteiger partial charge is 0.313 e. The molecular formula is C15H20N2. The van der Waals surface area contributed by atoms with E-state index >= 15 is 0 Å². The van der Waals surface area contributed by atoms with Crippen molar-refractivity contribution < 1.29 is 0 Å². The molecule has 0 aromatic heterocycles. The Morgan fingerprint density at radius 2 is 1.94 bits per heavy atom. The van der Waals surface area contributed by atoms with Crippen LogP contribution in [0.1, 0.15) is 36.4 Å². The fourth-order valence-electron chi connectivity index (χ4n) is 2.87. The van der Waals surface area contributed by atoms with Gasteiger partial charge < -0.3 is 10.6 Å². The first-order valence-electron chi connectivity index (χ1n) is 6.63. The lowest BCUT2D eigenvalue weighted by Gasteiger charge is -2.23. The Balaban J connectivity index is 1.79. The van der Waals surface area contributed by atoms with Crippen molar-refractivity contribution >= 4 is 0 Å². The van der Waals surface area contributed by atoms with E-state index in [1.807, 2.05) is 0 Å². The first-order valence-corrected chi connectivity index (χ1v) is 6.63. The van der Waals surface area contributed by atoms with Gasteiger partial charge in [0, 0.05) is 18.6 Å². The number of rotatable bonds is 2. The molecule has 0 spiro atoms. The van der Waals surface area contributed by atoms with Crippen LogP contribution in [0, 0.1) is 0 Å². The van der Waals surface area contributed by atoms with Crippen molar-refractivity contribution in [1.82, 2.24) is 10.6 Å². The van der Waals surface area contributed by atoms with Crippen molar-refractivity contribution in [3.05, 3.63) is 47.5 Å². The van der Waals surface area contributed by atoms with Crippen LogP contribution in [-0.2, 0) is 6.54 Å². The summed E-state index contributed by atoms with van der Waals surface area (Å²) in [5.74, 6) is 0. The summed E-state index contributed by atoms with van der Waals surface area (Å²) in [4.78, 5) is 0. The van der Waals surface area contributed by atoms with E-state index in [1.165, 1.54) is 30.4 Å². The van der Waals surface area contributed by atoms with Gasteiger partial charge in [-0.05, 0) is 36.9 Å². The molecule has 3 rings (SSSR count). The molecule has 0 saturated heterocycles. The summed E-state index contributed by atoms with van der Waals surface area (Å²) in [5, 5.41) is 7.31. The Kier molecular flexibility index (Phi) is 3.25. The molecule has 90 valence electrons. The Labute approximate surface area is 103 Å². The zero-order valence-electron chi connectivity index (χ0n) is 10.2. The third-order valence-electron chi connectivity index (χ3n) is 3.80. The second-order valence-electron chi connectivity index (χ2n) is 5.02. The van der Waals surface area contributed by atoms with Crippen LogP contribution in [0.2, 0.25) is 0 Å². The van der Waals surface area contributed by atoms with Gasteiger partial charge in [0.1, 0.15) is 0 Å². The van der Waals surface area contributed by atoms with Crippen molar-refractivity contribution in [3.63, 3.8) is 0 Å². The van der Waals surface area contributed by atoms with Crippen LogP contribution in [0.3, 0.4) is 0 Å². The first kappa shape index (κ1) is 11.0. The SMILES string of the molecule is C1=CCC(NC2CCNCc3ccccc32)C1. The lowest BCUT2D eigenvalue weighted by atomic mass is 9.98. The highest BCUT2D eigenvalue weighted by atomic mass is 15.0. The van der Waals surface area contributed by atoms with Gasteiger partial charge in [0.25, 0.3) is 0 Å². The van der Waals surface area contributed by atoms with Crippen LogP contribution in [-0.4, -0.2) is 12.6 Å². The fraction of sp³-hybridized carbons (Fsp3) is 0.467. The van der Waals surface area contributed by atoms with E-state index in [-0.39, 0.29) is 0 Å². The molecule has 17 heavy (non-hydrogen) atoms. The Morgan fingerprint density at radius 1 is 1.12 bits per heavy atom. The second-order valence-corrected chi connectivity index (χ2v) is 5.02. The lowest BCUT2D eigenvalue weighted by Crippen LogP contribution is -2.31. The van der Waals surface area contributed by atoms with Gasteiger partial charge in [-0.25, -0.2) is 0 Å². The van der Waals surface area contributed by atoms with Crippen LogP contribution >= 0.6 is 0 Å². The highest BCUT2D eigenvalue weighted by molar-refractivity contribution is 5.31. The third-order valence-corrected chi connectivity index (χ3v) is 3.80. The molecule has 2 nitrogen and oxygen atoms in total. The standard InChI is InChI=1S/C15H20N2/c1-4-8-14-12(5-1)11-16-10-9-15(14)17-13-6-2-3-7-13/h1-5,8,13,15-17H,6-7,9-11H2. The third kappa shape index (κ3) is 2.43. The maximum absolute atomic E-state index is 3.81. The van der Waals surface area contributed by atoms with Crippen LogP contribution in [0.25, 0.3) is 0 Å². The van der Waals surface area contributed by atoms with Gasteiger partial charge in [-0.3, -0.25) is 0 Å². The molecule has 0 radical (unpaired) electrons. The molecule has 1 atom stereocenters. The summed E-state index contributed by atoms with van der Waals surface area (Å²) in [7, 11) is 0. The maximum Gasteiger partial charge on any atom is 0.0338 e. The molecule has 1 aromatic carbocycles. The summed E-state index contributed by atoms with van der Waals surface area (Å²) in [5.41, 5.74) is 2.94. The number of benzene rings is 1. The van der Waals surface area contributed by atoms with E-state index in [0.717, 1.165) is 13.1 Å². The highest BCUT2D eigenvalue weighted by Gasteiger charge is 2.21. The number of nitrogens with one attached hydrogen (secondary N) is 2. The van der Waals surface area contributed by atoms with Crippen LogP contribution < -0.4 is 10.6 Å². The van der Waals surface area contributed by atoms with E-state index < -0.39 is 0 Å². The molecule has 0 amide bonds. The summed E-state index contributed by atoms with van der Waals surface area (Å²) in [6.45, 7) is 2.11. The minimum absolute atomic E-state index is 0.520. The zero-order valence-corrected chi connectivity index (χ0v) is 10.2. The van der Waals surface area contributed by atoms with Crippen molar-refractivity contribution in [2.75, 3.05) is 6.54 Å². The van der Waals surface area contributed by atoms with Gasteiger partial charge in [-0.1, -0.05) is 36.4 Å². The second kappa shape index (κ2) is 5.03. The molecule has 1 aliphatic carbocycles. The molecule has 1 aromatic rings. The summed E-state index contributed by atoms with van der Waals surface area (Å²) >= 11 is 0. The Morgan fingerprint density at radius 3 is 2.82 bits per heavy atom. The molecule has 2 heteroatoms. The average Bonchev–Trinajstić information content (AvgIpc) is 2.78. The van der Waals surface area contributed by atoms with Crippen molar-refractivity contribution in [3.8, 4) is 0 Å². The van der Waals surface area contributed by atoms with Gasteiger partial charge in [-0.15, -0.1) is 0 Å². The molecule has 2 N–H and O–H groups in total. The highest BCUT2D eigenvalue weighted by Crippen LogP contribution is 2.25. The fourth-order valence-corrected chi connectivity index (χ4v) is 2.87. The van der Waals surface area contributed by atoms with Crippen molar-refractivity contribution in [2.24, 2.45) is 0 Å².